The second kappa shape index (κ2) is 5.56. The third-order valence-electron chi connectivity index (χ3n) is 3.32. The van der Waals surface area contributed by atoms with Crippen molar-refractivity contribution in [3.8, 4) is 28.6 Å². The Morgan fingerprint density at radius 2 is 1.71 bits per heavy atom. The van der Waals surface area contributed by atoms with Gasteiger partial charge in [-0.05, 0) is 30.7 Å². The molecule has 3 nitrogen and oxygen atoms in total. The van der Waals surface area contributed by atoms with Gasteiger partial charge in [0.25, 0.3) is 0 Å². The van der Waals surface area contributed by atoms with Gasteiger partial charge in [0, 0.05) is 11.8 Å². The zero-order valence-corrected chi connectivity index (χ0v) is 11.6. The maximum absolute atomic E-state index is 9.42. The summed E-state index contributed by atoms with van der Waals surface area (Å²) in [5.74, 6) is 0. The van der Waals surface area contributed by atoms with Crippen LogP contribution in [0.25, 0.3) is 22.5 Å². The van der Waals surface area contributed by atoms with Crippen molar-refractivity contribution in [1.82, 2.24) is 9.97 Å². The Bertz CT molecular complexity index is 803. The molecule has 0 amide bonds. The van der Waals surface area contributed by atoms with Crippen LogP contribution in [0.1, 0.15) is 11.3 Å². The fourth-order valence-electron chi connectivity index (χ4n) is 2.30. The van der Waals surface area contributed by atoms with Crippen LogP contribution in [-0.4, -0.2) is 9.97 Å². The topological polar surface area (TPSA) is 49.6 Å². The molecule has 3 rings (SSSR count). The number of aromatic nitrogens is 2. The molecule has 0 aliphatic carbocycles. The predicted molar refractivity (Wildman–Crippen MR) is 82.4 cm³/mol. The number of nitriles is 1. The first-order chi connectivity index (χ1) is 10.3. The van der Waals surface area contributed by atoms with E-state index < -0.39 is 0 Å². The summed E-state index contributed by atoms with van der Waals surface area (Å²) < 4.78 is 0. The molecule has 0 radical (unpaired) electrons. The van der Waals surface area contributed by atoms with E-state index in [-0.39, 0.29) is 0 Å². The summed E-state index contributed by atoms with van der Waals surface area (Å²) in [6.45, 7) is 1.86. The van der Waals surface area contributed by atoms with Gasteiger partial charge in [-0.25, -0.2) is 0 Å². The summed E-state index contributed by atoms with van der Waals surface area (Å²) in [5, 5.41) is 9.42. The van der Waals surface area contributed by atoms with E-state index in [1.54, 1.807) is 6.20 Å². The second-order valence-electron chi connectivity index (χ2n) is 4.71. The van der Waals surface area contributed by atoms with Crippen LogP contribution in [0.15, 0.2) is 60.8 Å². The maximum atomic E-state index is 9.42. The first-order valence-electron chi connectivity index (χ1n) is 6.68. The van der Waals surface area contributed by atoms with Crippen LogP contribution in [0, 0.1) is 18.3 Å². The van der Waals surface area contributed by atoms with E-state index in [9.17, 15) is 5.26 Å². The van der Waals surface area contributed by atoms with E-state index in [1.807, 2.05) is 61.5 Å². The molecule has 3 heteroatoms. The summed E-state index contributed by atoms with van der Waals surface area (Å²) in [6, 6.07) is 19.8. The highest BCUT2D eigenvalue weighted by atomic mass is 14.8. The molecule has 3 aromatic rings. The number of aryl methyl sites for hydroxylation is 1. The van der Waals surface area contributed by atoms with E-state index >= 15 is 0 Å². The van der Waals surface area contributed by atoms with Gasteiger partial charge in [-0.3, -0.25) is 9.97 Å². The lowest BCUT2D eigenvalue weighted by atomic mass is 9.98. The standard InChI is InChI=1S/C18H13N3/c1-13-16(12-19)15(14-7-3-2-4-8-14)11-18(21-13)17-9-5-6-10-20-17/h2-11H,1H3. The molecule has 0 saturated heterocycles. The zero-order chi connectivity index (χ0) is 14.7. The van der Waals surface area contributed by atoms with E-state index in [2.05, 4.69) is 16.0 Å². The number of hydrogen-bond donors (Lipinski definition) is 0. The van der Waals surface area contributed by atoms with Crippen LogP contribution >= 0.6 is 0 Å². The van der Waals surface area contributed by atoms with Crippen LogP contribution in [0.5, 0.6) is 0 Å². The number of benzene rings is 1. The van der Waals surface area contributed by atoms with Crippen LogP contribution < -0.4 is 0 Å². The summed E-state index contributed by atoms with van der Waals surface area (Å²) in [4.78, 5) is 8.85. The predicted octanol–water partition coefficient (Wildman–Crippen LogP) is 3.99. The van der Waals surface area contributed by atoms with Crippen molar-refractivity contribution in [2.45, 2.75) is 6.92 Å². The number of hydrogen-bond acceptors (Lipinski definition) is 3. The fourth-order valence-corrected chi connectivity index (χ4v) is 2.30. The summed E-state index contributed by atoms with van der Waals surface area (Å²) >= 11 is 0. The largest absolute Gasteiger partial charge is 0.255 e. The Morgan fingerprint density at radius 3 is 2.38 bits per heavy atom. The lowest BCUT2D eigenvalue weighted by Gasteiger charge is -2.09. The molecule has 1 aromatic carbocycles. The van der Waals surface area contributed by atoms with Crippen molar-refractivity contribution >= 4 is 0 Å². The Balaban J connectivity index is 2.24. The van der Waals surface area contributed by atoms with Crippen molar-refractivity contribution in [3.05, 3.63) is 72.1 Å². The molecular weight excluding hydrogens is 258 g/mol. The minimum Gasteiger partial charge on any atom is -0.255 e. The van der Waals surface area contributed by atoms with Gasteiger partial charge in [0.05, 0.1) is 22.6 Å². The molecule has 0 spiro atoms. The Morgan fingerprint density at radius 1 is 0.952 bits per heavy atom. The van der Waals surface area contributed by atoms with E-state index in [1.165, 1.54) is 0 Å². The molecule has 0 N–H and O–H groups in total. The summed E-state index contributed by atoms with van der Waals surface area (Å²) in [7, 11) is 0. The average molecular weight is 271 g/mol. The minimum absolute atomic E-state index is 0.612. The van der Waals surface area contributed by atoms with Gasteiger partial charge in [-0.1, -0.05) is 36.4 Å². The minimum atomic E-state index is 0.612. The van der Waals surface area contributed by atoms with Crippen molar-refractivity contribution in [1.29, 1.82) is 5.26 Å². The highest BCUT2D eigenvalue weighted by molar-refractivity contribution is 5.75. The van der Waals surface area contributed by atoms with Crippen LogP contribution in [0.4, 0.5) is 0 Å². The van der Waals surface area contributed by atoms with Gasteiger partial charge in [-0.2, -0.15) is 5.26 Å². The molecule has 0 fully saturated rings. The highest BCUT2D eigenvalue weighted by Gasteiger charge is 2.12. The maximum Gasteiger partial charge on any atom is 0.102 e. The molecule has 0 atom stereocenters. The molecule has 0 aliphatic rings. The fraction of sp³-hybridized carbons (Fsp3) is 0.0556. The Labute approximate surface area is 123 Å². The number of rotatable bonds is 2. The first kappa shape index (κ1) is 13.0. The molecule has 0 unspecified atom stereocenters. The monoisotopic (exact) mass is 271 g/mol. The second-order valence-corrected chi connectivity index (χ2v) is 4.71. The van der Waals surface area contributed by atoms with Crippen molar-refractivity contribution < 1.29 is 0 Å². The summed E-state index contributed by atoms with van der Waals surface area (Å²) in [5.41, 5.74) is 4.83. The van der Waals surface area contributed by atoms with Gasteiger partial charge < -0.3 is 0 Å². The van der Waals surface area contributed by atoms with E-state index in [0.29, 0.717) is 5.56 Å². The van der Waals surface area contributed by atoms with Gasteiger partial charge in [0.2, 0.25) is 0 Å². The molecule has 100 valence electrons. The zero-order valence-electron chi connectivity index (χ0n) is 11.6. The lowest BCUT2D eigenvalue weighted by molar-refractivity contribution is 1.16. The highest BCUT2D eigenvalue weighted by Crippen LogP contribution is 2.28. The van der Waals surface area contributed by atoms with E-state index in [4.69, 9.17) is 0 Å². The van der Waals surface area contributed by atoms with Crippen molar-refractivity contribution in [3.63, 3.8) is 0 Å². The van der Waals surface area contributed by atoms with Gasteiger partial charge in [0.1, 0.15) is 6.07 Å². The first-order valence-corrected chi connectivity index (χ1v) is 6.68. The van der Waals surface area contributed by atoms with Crippen molar-refractivity contribution in [2.24, 2.45) is 0 Å². The molecule has 0 saturated carbocycles. The smallest absolute Gasteiger partial charge is 0.102 e. The van der Waals surface area contributed by atoms with Gasteiger partial charge in [0.15, 0.2) is 0 Å². The summed E-state index contributed by atoms with van der Waals surface area (Å²) in [6.07, 6.45) is 1.74. The van der Waals surface area contributed by atoms with Crippen LogP contribution in [0.2, 0.25) is 0 Å². The van der Waals surface area contributed by atoms with Crippen molar-refractivity contribution in [2.75, 3.05) is 0 Å². The molecule has 2 aromatic heterocycles. The lowest BCUT2D eigenvalue weighted by Crippen LogP contribution is -1.96. The number of nitrogens with zero attached hydrogens (tertiary/aromatic N) is 3. The van der Waals surface area contributed by atoms with Crippen LogP contribution in [-0.2, 0) is 0 Å². The average Bonchev–Trinajstić information content (AvgIpc) is 2.55. The SMILES string of the molecule is Cc1nc(-c2ccccn2)cc(-c2ccccc2)c1C#N. The Hall–Kier alpha value is -2.99. The van der Waals surface area contributed by atoms with E-state index in [0.717, 1.165) is 28.2 Å². The Kier molecular flexibility index (Phi) is 3.44. The molecule has 21 heavy (non-hydrogen) atoms. The number of pyridine rings is 2. The normalized spacial score (nSPS) is 10.1. The molecule has 0 bridgehead atoms. The van der Waals surface area contributed by atoms with Gasteiger partial charge in [-0.15, -0.1) is 0 Å². The quantitative estimate of drug-likeness (QED) is 0.708. The molecule has 2 heterocycles. The van der Waals surface area contributed by atoms with Gasteiger partial charge >= 0.3 is 0 Å². The third-order valence-corrected chi connectivity index (χ3v) is 3.32. The molecular formula is C18H13N3. The molecule has 0 aliphatic heterocycles. The van der Waals surface area contributed by atoms with Crippen LogP contribution in [0.3, 0.4) is 0 Å². The third kappa shape index (κ3) is 2.52.